The lowest BCUT2D eigenvalue weighted by Gasteiger charge is -2.50. The number of methoxy groups -OCH3 is 1. The van der Waals surface area contributed by atoms with Gasteiger partial charge >= 0.3 is 0 Å². The molecule has 1 aliphatic heterocycles. The summed E-state index contributed by atoms with van der Waals surface area (Å²) in [6, 6.07) is 0.469. The van der Waals surface area contributed by atoms with E-state index in [0.29, 0.717) is 24.0 Å². The Hall–Kier alpha value is -0.120. The van der Waals surface area contributed by atoms with Crippen LogP contribution in [0.3, 0.4) is 0 Å². The topological polar surface area (TPSA) is 30.5 Å². The van der Waals surface area contributed by atoms with Crippen LogP contribution in [-0.4, -0.2) is 38.0 Å². The molecule has 0 aromatic heterocycles. The highest BCUT2D eigenvalue weighted by Crippen LogP contribution is 2.45. The van der Waals surface area contributed by atoms with Crippen molar-refractivity contribution in [1.29, 1.82) is 0 Å². The first-order chi connectivity index (χ1) is 9.12. The molecule has 0 aromatic rings. The maximum absolute atomic E-state index is 6.07. The summed E-state index contributed by atoms with van der Waals surface area (Å²) in [6.45, 7) is 8.66. The lowest BCUT2D eigenvalue weighted by Crippen LogP contribution is -2.55. The second-order valence-electron chi connectivity index (χ2n) is 6.67. The van der Waals surface area contributed by atoms with Gasteiger partial charge in [-0.05, 0) is 50.5 Å². The van der Waals surface area contributed by atoms with E-state index in [1.165, 1.54) is 32.1 Å². The highest BCUT2D eigenvalue weighted by Gasteiger charge is 2.45. The van der Waals surface area contributed by atoms with Crippen LogP contribution in [0.1, 0.15) is 52.9 Å². The molecule has 3 heteroatoms. The molecule has 3 nitrogen and oxygen atoms in total. The molecular weight excluding hydrogens is 238 g/mol. The van der Waals surface area contributed by atoms with Crippen molar-refractivity contribution in [3.8, 4) is 0 Å². The SMILES string of the molecule is CCNC(C1CCOC2(CCC2)C1)C(OC)C(C)C. The molecule has 2 rings (SSSR count). The minimum absolute atomic E-state index is 0.228. The number of nitrogens with one attached hydrogen (secondary N) is 1. The molecule has 0 bridgehead atoms. The van der Waals surface area contributed by atoms with Crippen molar-refractivity contribution in [1.82, 2.24) is 5.32 Å². The minimum Gasteiger partial charge on any atom is -0.380 e. The lowest BCUT2D eigenvalue weighted by atomic mass is 9.69. The monoisotopic (exact) mass is 269 g/mol. The molecule has 1 saturated heterocycles. The fourth-order valence-corrected chi connectivity index (χ4v) is 3.91. The van der Waals surface area contributed by atoms with Gasteiger partial charge in [-0.1, -0.05) is 20.8 Å². The fourth-order valence-electron chi connectivity index (χ4n) is 3.91. The van der Waals surface area contributed by atoms with Crippen molar-refractivity contribution in [2.24, 2.45) is 11.8 Å². The molecule has 0 radical (unpaired) electrons. The quantitative estimate of drug-likeness (QED) is 0.804. The van der Waals surface area contributed by atoms with Gasteiger partial charge in [-0.15, -0.1) is 0 Å². The third-order valence-electron chi connectivity index (χ3n) is 5.03. The zero-order valence-corrected chi connectivity index (χ0v) is 13.1. The van der Waals surface area contributed by atoms with Crippen LogP contribution in [0.2, 0.25) is 0 Å². The zero-order valence-electron chi connectivity index (χ0n) is 13.1. The summed E-state index contributed by atoms with van der Waals surface area (Å²) in [5.41, 5.74) is 0.228. The summed E-state index contributed by atoms with van der Waals surface area (Å²) in [6.07, 6.45) is 6.57. The maximum atomic E-state index is 6.07. The van der Waals surface area contributed by atoms with Gasteiger partial charge in [-0.3, -0.25) is 0 Å². The maximum Gasteiger partial charge on any atom is 0.0749 e. The van der Waals surface area contributed by atoms with E-state index in [1.54, 1.807) is 0 Å². The summed E-state index contributed by atoms with van der Waals surface area (Å²) in [4.78, 5) is 0. The highest BCUT2D eigenvalue weighted by atomic mass is 16.5. The molecule has 2 aliphatic rings. The number of hydrogen-bond donors (Lipinski definition) is 1. The third-order valence-corrected chi connectivity index (χ3v) is 5.03. The predicted octanol–water partition coefficient (Wildman–Crippen LogP) is 2.98. The van der Waals surface area contributed by atoms with Crippen LogP contribution in [0.15, 0.2) is 0 Å². The molecule has 19 heavy (non-hydrogen) atoms. The molecule has 0 amide bonds. The minimum atomic E-state index is 0.228. The van der Waals surface area contributed by atoms with Gasteiger partial charge in [0, 0.05) is 19.8 Å². The first-order valence-corrected chi connectivity index (χ1v) is 8.02. The Morgan fingerprint density at radius 3 is 2.58 bits per heavy atom. The third kappa shape index (κ3) is 3.32. The van der Waals surface area contributed by atoms with Gasteiger partial charge in [0.2, 0.25) is 0 Å². The Kier molecular flexibility index (Phi) is 5.27. The Balaban J connectivity index is 2.04. The molecule has 1 N–H and O–H groups in total. The smallest absolute Gasteiger partial charge is 0.0749 e. The Morgan fingerprint density at radius 1 is 1.37 bits per heavy atom. The van der Waals surface area contributed by atoms with Crippen LogP contribution < -0.4 is 5.32 Å². The molecular formula is C16H31NO2. The van der Waals surface area contributed by atoms with Gasteiger partial charge < -0.3 is 14.8 Å². The molecule has 1 heterocycles. The predicted molar refractivity (Wildman–Crippen MR) is 78.4 cm³/mol. The first-order valence-electron chi connectivity index (χ1n) is 8.02. The van der Waals surface area contributed by atoms with E-state index in [-0.39, 0.29) is 5.60 Å². The van der Waals surface area contributed by atoms with Crippen LogP contribution in [-0.2, 0) is 9.47 Å². The largest absolute Gasteiger partial charge is 0.380 e. The molecule has 1 aliphatic carbocycles. The average Bonchev–Trinajstić information content (AvgIpc) is 2.36. The molecule has 1 saturated carbocycles. The van der Waals surface area contributed by atoms with Crippen molar-refractivity contribution in [2.75, 3.05) is 20.3 Å². The Morgan fingerprint density at radius 2 is 2.11 bits per heavy atom. The van der Waals surface area contributed by atoms with E-state index in [0.717, 1.165) is 13.2 Å². The van der Waals surface area contributed by atoms with E-state index in [2.05, 4.69) is 26.1 Å². The summed E-state index contributed by atoms with van der Waals surface area (Å²) in [7, 11) is 1.85. The molecule has 2 fully saturated rings. The van der Waals surface area contributed by atoms with Gasteiger partial charge in [0.15, 0.2) is 0 Å². The summed E-state index contributed by atoms with van der Waals surface area (Å²) >= 11 is 0. The molecule has 112 valence electrons. The van der Waals surface area contributed by atoms with Gasteiger partial charge in [-0.2, -0.15) is 0 Å². The van der Waals surface area contributed by atoms with Gasteiger partial charge in [-0.25, -0.2) is 0 Å². The van der Waals surface area contributed by atoms with E-state index in [1.807, 2.05) is 7.11 Å². The second-order valence-corrected chi connectivity index (χ2v) is 6.67. The van der Waals surface area contributed by atoms with Gasteiger partial charge in [0.1, 0.15) is 0 Å². The van der Waals surface area contributed by atoms with Crippen LogP contribution in [0.25, 0.3) is 0 Å². The lowest BCUT2D eigenvalue weighted by molar-refractivity contribution is -0.153. The van der Waals surface area contributed by atoms with E-state index >= 15 is 0 Å². The molecule has 1 spiro atoms. The molecule has 3 unspecified atom stereocenters. The summed E-state index contributed by atoms with van der Waals surface area (Å²) in [5.74, 6) is 1.25. The standard InChI is InChI=1S/C16H31NO2/c1-5-17-14(15(18-4)12(2)3)13-7-10-19-16(11-13)8-6-9-16/h12-15,17H,5-11H2,1-4H3. The number of ether oxygens (including phenoxy) is 2. The van der Waals surface area contributed by atoms with Gasteiger partial charge in [0.25, 0.3) is 0 Å². The number of rotatable bonds is 6. The van der Waals surface area contributed by atoms with Crippen molar-refractivity contribution in [3.05, 3.63) is 0 Å². The fraction of sp³-hybridized carbons (Fsp3) is 1.00. The second kappa shape index (κ2) is 6.55. The summed E-state index contributed by atoms with van der Waals surface area (Å²) in [5, 5.41) is 3.69. The van der Waals surface area contributed by atoms with Crippen LogP contribution in [0, 0.1) is 11.8 Å². The first kappa shape index (κ1) is 15.3. The molecule has 3 atom stereocenters. The highest BCUT2D eigenvalue weighted by molar-refractivity contribution is 4.98. The van der Waals surface area contributed by atoms with Crippen molar-refractivity contribution in [3.63, 3.8) is 0 Å². The van der Waals surface area contributed by atoms with Gasteiger partial charge in [0.05, 0.1) is 11.7 Å². The summed E-state index contributed by atoms with van der Waals surface area (Å²) < 4.78 is 11.9. The number of likely N-dealkylation sites (N-methyl/N-ethyl adjacent to an activating group) is 1. The normalized spacial score (nSPS) is 29.2. The van der Waals surface area contributed by atoms with Crippen LogP contribution in [0.5, 0.6) is 0 Å². The van der Waals surface area contributed by atoms with Crippen molar-refractivity contribution < 1.29 is 9.47 Å². The van der Waals surface area contributed by atoms with Crippen molar-refractivity contribution in [2.45, 2.75) is 70.6 Å². The van der Waals surface area contributed by atoms with Crippen LogP contribution >= 0.6 is 0 Å². The number of hydrogen-bond acceptors (Lipinski definition) is 3. The van der Waals surface area contributed by atoms with Crippen molar-refractivity contribution >= 4 is 0 Å². The average molecular weight is 269 g/mol. The van der Waals surface area contributed by atoms with E-state index in [4.69, 9.17) is 9.47 Å². The van der Waals surface area contributed by atoms with E-state index in [9.17, 15) is 0 Å². The Labute approximate surface area is 118 Å². The van der Waals surface area contributed by atoms with Crippen LogP contribution in [0.4, 0.5) is 0 Å². The molecule has 0 aromatic carbocycles. The van der Waals surface area contributed by atoms with E-state index < -0.39 is 0 Å². The zero-order chi connectivity index (χ0) is 13.9. The Bertz CT molecular complexity index is 276.